The average Bonchev–Trinajstić information content (AvgIpc) is 2.72. The summed E-state index contributed by atoms with van der Waals surface area (Å²) in [6.45, 7) is 8.23. The van der Waals surface area contributed by atoms with Crippen LogP contribution in [0.5, 0.6) is 0 Å². The lowest BCUT2D eigenvalue weighted by Crippen LogP contribution is -2.70. The lowest BCUT2D eigenvalue weighted by atomic mass is 9.65. The van der Waals surface area contributed by atoms with Gasteiger partial charge in [-0.15, -0.1) is 0 Å². The Hall–Kier alpha value is -1.80. The Morgan fingerprint density at radius 2 is 1.66 bits per heavy atom. The molecule has 1 unspecified atom stereocenters. The van der Waals surface area contributed by atoms with Crippen LogP contribution >= 0.6 is 0 Å². The van der Waals surface area contributed by atoms with E-state index in [0.29, 0.717) is 5.54 Å². The van der Waals surface area contributed by atoms with Crippen molar-refractivity contribution < 1.29 is 0 Å². The predicted molar refractivity (Wildman–Crippen MR) is 124 cm³/mol. The number of hydrogen-bond donors (Lipinski definition) is 0. The number of benzene rings is 2. The fourth-order valence-corrected chi connectivity index (χ4v) is 6.78. The van der Waals surface area contributed by atoms with Crippen LogP contribution in [0.4, 0.5) is 11.4 Å². The van der Waals surface area contributed by atoms with Gasteiger partial charge in [-0.25, -0.2) is 0 Å². The number of aryl methyl sites for hydroxylation is 1. The van der Waals surface area contributed by atoms with Crippen LogP contribution in [0.3, 0.4) is 0 Å². The van der Waals surface area contributed by atoms with Crippen LogP contribution in [0.1, 0.15) is 69.9 Å². The highest BCUT2D eigenvalue weighted by molar-refractivity contribution is 5.65. The molecule has 29 heavy (non-hydrogen) atoms. The first kappa shape index (κ1) is 19.2. The van der Waals surface area contributed by atoms with Gasteiger partial charge < -0.3 is 4.90 Å². The molecule has 0 amide bonds. The molecule has 1 atom stereocenters. The predicted octanol–water partition coefficient (Wildman–Crippen LogP) is 6.76. The fraction of sp³-hybridized carbons (Fsp3) is 0.556. The second-order valence-electron chi connectivity index (χ2n) is 10.8. The number of anilines is 1. The number of hydrogen-bond acceptors (Lipinski definition) is 1. The van der Waals surface area contributed by atoms with E-state index in [1.165, 1.54) is 67.4 Å². The summed E-state index contributed by atoms with van der Waals surface area (Å²) in [6.07, 6.45) is 9.84. The highest BCUT2D eigenvalue weighted by atomic mass is 15.5. The van der Waals surface area contributed by atoms with Gasteiger partial charge in [-0.05, 0) is 70.2 Å². The summed E-state index contributed by atoms with van der Waals surface area (Å²) in [4.78, 5) is 2.88. The van der Waals surface area contributed by atoms with E-state index >= 15 is 0 Å². The van der Waals surface area contributed by atoms with E-state index in [0.717, 1.165) is 17.1 Å². The monoisotopic (exact) mass is 389 g/mol. The van der Waals surface area contributed by atoms with Crippen molar-refractivity contribution in [1.29, 1.82) is 0 Å². The van der Waals surface area contributed by atoms with Crippen molar-refractivity contribution in [3.8, 4) is 0 Å². The summed E-state index contributed by atoms with van der Waals surface area (Å²) < 4.78 is 0.941. The number of quaternary nitrogens is 1. The Morgan fingerprint density at radius 3 is 2.34 bits per heavy atom. The Kier molecular flexibility index (Phi) is 4.37. The van der Waals surface area contributed by atoms with E-state index in [4.69, 9.17) is 0 Å². The van der Waals surface area contributed by atoms with E-state index in [1.54, 1.807) is 0 Å². The minimum absolute atomic E-state index is 0.0264. The molecule has 2 aliphatic carbocycles. The Morgan fingerprint density at radius 1 is 0.966 bits per heavy atom. The maximum Gasteiger partial charge on any atom is 0.160 e. The second kappa shape index (κ2) is 6.60. The van der Waals surface area contributed by atoms with Crippen LogP contribution in [0, 0.1) is 12.8 Å². The lowest BCUT2D eigenvalue weighted by molar-refractivity contribution is 0.0898. The largest absolute Gasteiger partial charge is 0.319 e. The molecule has 2 bridgehead atoms. The normalized spacial score (nSPS) is 33.2. The van der Waals surface area contributed by atoms with Crippen LogP contribution in [-0.2, 0) is 5.54 Å². The van der Waals surface area contributed by atoms with E-state index in [2.05, 4.69) is 81.2 Å². The molecule has 1 heterocycles. The van der Waals surface area contributed by atoms with Gasteiger partial charge in [0.25, 0.3) is 0 Å². The van der Waals surface area contributed by atoms with Crippen molar-refractivity contribution in [2.45, 2.75) is 76.8 Å². The summed E-state index contributed by atoms with van der Waals surface area (Å²) in [5.41, 5.74) is 6.22. The highest BCUT2D eigenvalue weighted by Crippen LogP contribution is 2.54. The standard InChI is InChI=1S/C27H37N2/c1-21-14-15-25-24(18-21)26(2,3)29(4,23-12-6-5-7-13-23)20-28(25)27-16-8-10-22(19-27)11-9-17-27/h5-7,12-15,18,22H,8-11,16-17,19-20H2,1-4H3/q+1. The van der Waals surface area contributed by atoms with Gasteiger partial charge in [-0.2, -0.15) is 0 Å². The summed E-state index contributed by atoms with van der Waals surface area (Å²) in [5.74, 6) is 0.941. The molecule has 2 fully saturated rings. The zero-order valence-electron chi connectivity index (χ0n) is 18.7. The molecule has 0 radical (unpaired) electrons. The molecule has 2 saturated carbocycles. The molecular weight excluding hydrogens is 352 g/mol. The van der Waals surface area contributed by atoms with Crippen LogP contribution < -0.4 is 9.38 Å². The van der Waals surface area contributed by atoms with Gasteiger partial charge in [-0.1, -0.05) is 55.5 Å². The van der Waals surface area contributed by atoms with Gasteiger partial charge in [0, 0.05) is 11.1 Å². The number of nitrogens with zero attached hydrogens (tertiary/aromatic N) is 2. The molecule has 3 aliphatic rings. The highest BCUT2D eigenvalue weighted by Gasteiger charge is 2.55. The molecule has 0 aromatic heterocycles. The van der Waals surface area contributed by atoms with Crippen LogP contribution in [0.2, 0.25) is 0 Å². The van der Waals surface area contributed by atoms with Gasteiger partial charge in [0.05, 0.1) is 12.7 Å². The first-order valence-electron chi connectivity index (χ1n) is 11.7. The van der Waals surface area contributed by atoms with Crippen molar-refractivity contribution in [3.63, 3.8) is 0 Å². The maximum atomic E-state index is 2.88. The first-order valence-corrected chi connectivity index (χ1v) is 11.7. The zero-order chi connectivity index (χ0) is 20.3. The van der Waals surface area contributed by atoms with Gasteiger partial charge in [-0.3, -0.25) is 4.48 Å². The van der Waals surface area contributed by atoms with Crippen LogP contribution in [-0.4, -0.2) is 19.3 Å². The van der Waals surface area contributed by atoms with Gasteiger partial charge in [0.1, 0.15) is 11.2 Å². The van der Waals surface area contributed by atoms with Crippen LogP contribution in [0.15, 0.2) is 48.5 Å². The molecule has 2 nitrogen and oxygen atoms in total. The quantitative estimate of drug-likeness (QED) is 0.513. The second-order valence-corrected chi connectivity index (χ2v) is 10.8. The Balaban J connectivity index is 1.70. The van der Waals surface area contributed by atoms with Crippen LogP contribution in [0.25, 0.3) is 0 Å². The minimum atomic E-state index is 0.0264. The average molecular weight is 390 g/mol. The van der Waals surface area contributed by atoms with E-state index in [-0.39, 0.29) is 5.54 Å². The molecular formula is C27H37N2+. The molecule has 0 N–H and O–H groups in total. The molecule has 154 valence electrons. The minimum Gasteiger partial charge on any atom is -0.319 e. The van der Waals surface area contributed by atoms with Crippen molar-refractivity contribution in [2.75, 3.05) is 18.6 Å². The molecule has 2 aromatic rings. The third kappa shape index (κ3) is 2.79. The summed E-state index contributed by atoms with van der Waals surface area (Å²) in [7, 11) is 2.47. The first-order chi connectivity index (χ1) is 13.9. The molecule has 5 rings (SSSR count). The smallest absolute Gasteiger partial charge is 0.160 e. The van der Waals surface area contributed by atoms with E-state index in [1.807, 2.05) is 0 Å². The maximum absolute atomic E-state index is 2.88. The molecule has 2 heteroatoms. The molecule has 0 spiro atoms. The Bertz CT molecular complexity index is 890. The van der Waals surface area contributed by atoms with Gasteiger partial charge in [0.2, 0.25) is 0 Å². The van der Waals surface area contributed by atoms with Gasteiger partial charge >= 0.3 is 0 Å². The van der Waals surface area contributed by atoms with Crippen molar-refractivity contribution >= 4 is 11.4 Å². The lowest BCUT2D eigenvalue weighted by Gasteiger charge is -2.61. The van der Waals surface area contributed by atoms with E-state index < -0.39 is 0 Å². The number of fused-ring (bicyclic) bond motifs is 3. The summed E-state index contributed by atoms with van der Waals surface area (Å²) >= 11 is 0. The third-order valence-electron chi connectivity index (χ3n) is 8.84. The van der Waals surface area contributed by atoms with Crippen molar-refractivity contribution in [1.82, 2.24) is 4.48 Å². The topological polar surface area (TPSA) is 3.24 Å². The zero-order valence-corrected chi connectivity index (χ0v) is 18.7. The Labute approximate surface area is 177 Å². The number of rotatable bonds is 2. The molecule has 1 aliphatic heterocycles. The fourth-order valence-electron chi connectivity index (χ4n) is 6.78. The van der Waals surface area contributed by atoms with Crippen molar-refractivity contribution in [2.24, 2.45) is 5.92 Å². The number of para-hydroxylation sites is 1. The molecule has 0 saturated heterocycles. The van der Waals surface area contributed by atoms with E-state index in [9.17, 15) is 0 Å². The molecule has 2 aromatic carbocycles. The third-order valence-corrected chi connectivity index (χ3v) is 8.84. The summed E-state index contributed by atoms with van der Waals surface area (Å²) in [6, 6.07) is 18.5. The van der Waals surface area contributed by atoms with Gasteiger partial charge in [0.15, 0.2) is 6.67 Å². The van der Waals surface area contributed by atoms with Crippen molar-refractivity contribution in [3.05, 3.63) is 59.7 Å². The summed E-state index contributed by atoms with van der Waals surface area (Å²) in [5, 5.41) is 0. The SMILES string of the molecule is Cc1ccc2c(c1)C(C)(C)[N+](C)(c1ccccc1)CN2C12CCCC(CCC1)C2.